The highest BCUT2D eigenvalue weighted by Crippen LogP contribution is 2.29. The second-order valence-corrected chi connectivity index (χ2v) is 8.12. The number of hydrogen-bond acceptors (Lipinski definition) is 6. The predicted molar refractivity (Wildman–Crippen MR) is 117 cm³/mol. The maximum Gasteiger partial charge on any atom is 0.292 e. The lowest BCUT2D eigenvalue weighted by atomic mass is 10.1. The molecule has 1 saturated heterocycles. The first-order valence-electron chi connectivity index (χ1n) is 9.58. The zero-order chi connectivity index (χ0) is 21.7. The average molecular weight is 429 g/mol. The van der Waals surface area contributed by atoms with Crippen LogP contribution in [0.2, 0.25) is 0 Å². The quantitative estimate of drug-likeness (QED) is 0.399. The number of carbonyl (C=O) groups excluding carboxylic acids is 2. The number of benzene rings is 2. The molecule has 0 aliphatic carbocycles. The molecule has 30 heavy (non-hydrogen) atoms. The molecule has 3 rings (SSSR count). The van der Waals surface area contributed by atoms with Crippen molar-refractivity contribution in [2.45, 2.75) is 4.90 Å². The number of para-hydroxylation sites is 2. The Morgan fingerprint density at radius 1 is 1.03 bits per heavy atom. The van der Waals surface area contributed by atoms with Crippen LogP contribution >= 0.6 is 11.8 Å². The van der Waals surface area contributed by atoms with Gasteiger partial charge in [0.05, 0.1) is 16.2 Å². The van der Waals surface area contributed by atoms with E-state index in [1.165, 1.54) is 22.7 Å². The Kier molecular flexibility index (Phi) is 6.94. The standard InChI is InChI=1S/C21H24N4O4S/c1-22(2)20(26)15-30-19-10-6-3-7-16(19)21(27)24-13-11-23(12-14-24)17-8-4-5-9-18(17)25(28)29/h3-10H,11-15H2,1-2H3. The van der Waals surface area contributed by atoms with Gasteiger partial charge in [-0.25, -0.2) is 0 Å². The summed E-state index contributed by atoms with van der Waals surface area (Å²) < 4.78 is 0. The van der Waals surface area contributed by atoms with Gasteiger partial charge in [-0.3, -0.25) is 19.7 Å². The zero-order valence-corrected chi connectivity index (χ0v) is 17.8. The van der Waals surface area contributed by atoms with Crippen molar-refractivity contribution in [2.24, 2.45) is 0 Å². The molecule has 0 atom stereocenters. The van der Waals surface area contributed by atoms with Gasteiger partial charge in [0.25, 0.3) is 11.6 Å². The summed E-state index contributed by atoms with van der Waals surface area (Å²) in [7, 11) is 3.41. The van der Waals surface area contributed by atoms with Crippen LogP contribution in [0, 0.1) is 10.1 Å². The Hall–Kier alpha value is -3.07. The van der Waals surface area contributed by atoms with Crippen molar-refractivity contribution in [3.63, 3.8) is 0 Å². The average Bonchev–Trinajstić information content (AvgIpc) is 2.77. The zero-order valence-electron chi connectivity index (χ0n) is 17.0. The SMILES string of the molecule is CN(C)C(=O)CSc1ccccc1C(=O)N1CCN(c2ccccc2[N+](=O)[O-])CC1. The van der Waals surface area contributed by atoms with Crippen molar-refractivity contribution >= 4 is 35.0 Å². The first kappa shape index (κ1) is 21.6. The molecule has 0 bridgehead atoms. The van der Waals surface area contributed by atoms with E-state index in [1.54, 1.807) is 43.3 Å². The fraction of sp³-hybridized carbons (Fsp3) is 0.333. The Balaban J connectivity index is 1.68. The lowest BCUT2D eigenvalue weighted by Crippen LogP contribution is -2.49. The highest BCUT2D eigenvalue weighted by Gasteiger charge is 2.27. The first-order chi connectivity index (χ1) is 14.4. The van der Waals surface area contributed by atoms with Crippen LogP contribution in [0.3, 0.4) is 0 Å². The first-order valence-corrected chi connectivity index (χ1v) is 10.6. The monoisotopic (exact) mass is 428 g/mol. The molecule has 1 heterocycles. The number of nitrogens with zero attached hydrogens (tertiary/aromatic N) is 4. The summed E-state index contributed by atoms with van der Waals surface area (Å²) in [4.78, 5) is 41.9. The highest BCUT2D eigenvalue weighted by molar-refractivity contribution is 8.00. The van der Waals surface area contributed by atoms with E-state index in [0.29, 0.717) is 37.4 Å². The molecule has 1 fully saturated rings. The second kappa shape index (κ2) is 9.62. The van der Waals surface area contributed by atoms with Crippen LogP contribution in [0.25, 0.3) is 0 Å². The third-order valence-electron chi connectivity index (χ3n) is 4.95. The molecule has 158 valence electrons. The van der Waals surface area contributed by atoms with Gasteiger partial charge >= 0.3 is 0 Å². The Labute approximate surface area is 179 Å². The van der Waals surface area contributed by atoms with Crippen LogP contribution in [-0.2, 0) is 4.79 Å². The van der Waals surface area contributed by atoms with E-state index < -0.39 is 0 Å². The van der Waals surface area contributed by atoms with E-state index in [-0.39, 0.29) is 28.2 Å². The molecular weight excluding hydrogens is 404 g/mol. The van der Waals surface area contributed by atoms with Crippen LogP contribution in [0.5, 0.6) is 0 Å². The largest absolute Gasteiger partial charge is 0.362 e. The van der Waals surface area contributed by atoms with Gasteiger partial charge in [-0.15, -0.1) is 11.8 Å². The summed E-state index contributed by atoms with van der Waals surface area (Å²) in [6, 6.07) is 14.0. The molecule has 1 aliphatic rings. The van der Waals surface area contributed by atoms with E-state index in [4.69, 9.17) is 0 Å². The summed E-state index contributed by atoms with van der Waals surface area (Å²) >= 11 is 1.35. The van der Waals surface area contributed by atoms with Crippen molar-refractivity contribution < 1.29 is 14.5 Å². The molecule has 2 aromatic carbocycles. The summed E-state index contributed by atoms with van der Waals surface area (Å²) in [5, 5.41) is 11.3. The van der Waals surface area contributed by atoms with Gasteiger partial charge in [-0.05, 0) is 18.2 Å². The van der Waals surface area contributed by atoms with Crippen LogP contribution in [0.1, 0.15) is 10.4 Å². The molecule has 0 aromatic heterocycles. The van der Waals surface area contributed by atoms with Crippen LogP contribution in [0.15, 0.2) is 53.4 Å². The fourth-order valence-corrected chi connectivity index (χ4v) is 4.27. The number of piperazine rings is 1. The topological polar surface area (TPSA) is 87.0 Å². The van der Waals surface area contributed by atoms with Crippen LogP contribution in [0.4, 0.5) is 11.4 Å². The van der Waals surface area contributed by atoms with E-state index in [0.717, 1.165) is 4.90 Å². The summed E-state index contributed by atoms with van der Waals surface area (Å²) in [5.41, 5.74) is 1.23. The maximum atomic E-state index is 13.1. The van der Waals surface area contributed by atoms with Gasteiger partial charge in [0, 0.05) is 51.2 Å². The van der Waals surface area contributed by atoms with Crippen molar-refractivity contribution in [3.8, 4) is 0 Å². The number of carbonyl (C=O) groups is 2. The maximum absolute atomic E-state index is 13.1. The van der Waals surface area contributed by atoms with E-state index in [1.807, 2.05) is 23.1 Å². The van der Waals surface area contributed by atoms with E-state index >= 15 is 0 Å². The Bertz CT molecular complexity index is 942. The third kappa shape index (κ3) is 4.91. The number of nitro groups is 1. The van der Waals surface area contributed by atoms with E-state index in [2.05, 4.69) is 0 Å². The van der Waals surface area contributed by atoms with Crippen molar-refractivity contribution in [1.29, 1.82) is 0 Å². The minimum absolute atomic E-state index is 0.0136. The van der Waals surface area contributed by atoms with Crippen molar-refractivity contribution in [1.82, 2.24) is 9.80 Å². The molecule has 1 aliphatic heterocycles. The minimum Gasteiger partial charge on any atom is -0.362 e. The second-order valence-electron chi connectivity index (χ2n) is 7.10. The Morgan fingerprint density at radius 2 is 1.67 bits per heavy atom. The molecule has 2 aromatic rings. The van der Waals surface area contributed by atoms with Gasteiger partial charge < -0.3 is 14.7 Å². The number of nitro benzene ring substituents is 1. The van der Waals surface area contributed by atoms with E-state index in [9.17, 15) is 19.7 Å². The number of hydrogen-bond donors (Lipinski definition) is 0. The molecule has 0 N–H and O–H groups in total. The lowest BCUT2D eigenvalue weighted by Gasteiger charge is -2.36. The van der Waals surface area contributed by atoms with Crippen molar-refractivity contribution in [2.75, 3.05) is 50.9 Å². The lowest BCUT2D eigenvalue weighted by molar-refractivity contribution is -0.384. The molecule has 0 radical (unpaired) electrons. The molecular formula is C21H24N4O4S. The minimum atomic E-state index is -0.380. The molecule has 0 saturated carbocycles. The normalized spacial score (nSPS) is 13.8. The van der Waals surface area contributed by atoms with Gasteiger partial charge in [-0.2, -0.15) is 0 Å². The molecule has 2 amide bonds. The smallest absolute Gasteiger partial charge is 0.292 e. The molecule has 0 spiro atoms. The van der Waals surface area contributed by atoms with Crippen LogP contribution < -0.4 is 4.90 Å². The summed E-state index contributed by atoms with van der Waals surface area (Å²) in [6.45, 7) is 1.98. The summed E-state index contributed by atoms with van der Waals surface area (Å²) in [6.07, 6.45) is 0. The number of thioether (sulfide) groups is 1. The van der Waals surface area contributed by atoms with Gasteiger partial charge in [-0.1, -0.05) is 24.3 Å². The Morgan fingerprint density at radius 3 is 2.33 bits per heavy atom. The molecule has 0 unspecified atom stereocenters. The third-order valence-corrected chi connectivity index (χ3v) is 6.01. The predicted octanol–water partition coefficient (Wildman–Crippen LogP) is 2.74. The van der Waals surface area contributed by atoms with Gasteiger partial charge in [0.1, 0.15) is 5.69 Å². The fourth-order valence-electron chi connectivity index (χ4n) is 3.24. The molecule has 9 heteroatoms. The van der Waals surface area contributed by atoms with Gasteiger partial charge in [0.15, 0.2) is 0 Å². The number of amides is 2. The summed E-state index contributed by atoms with van der Waals surface area (Å²) in [5.74, 6) is 0.167. The number of anilines is 1. The number of rotatable bonds is 6. The highest BCUT2D eigenvalue weighted by atomic mass is 32.2. The van der Waals surface area contributed by atoms with Crippen molar-refractivity contribution in [3.05, 3.63) is 64.2 Å². The van der Waals surface area contributed by atoms with Gasteiger partial charge in [0.2, 0.25) is 5.91 Å². The molecule has 8 nitrogen and oxygen atoms in total. The van der Waals surface area contributed by atoms with Crippen LogP contribution in [-0.4, -0.2) is 72.6 Å².